The lowest BCUT2D eigenvalue weighted by Crippen LogP contribution is -2.52. The number of likely N-dealkylation sites (N-methyl/N-ethyl adjacent to an activating group) is 1. The molecule has 5 nitrogen and oxygen atoms in total. The minimum absolute atomic E-state index is 0.271. The Morgan fingerprint density at radius 3 is 2.56 bits per heavy atom. The van der Waals surface area contributed by atoms with Crippen LogP contribution in [0.5, 0.6) is 5.75 Å². The number of hydrogen-bond donors (Lipinski definition) is 1. The highest BCUT2D eigenvalue weighted by Crippen LogP contribution is 2.29. The number of ether oxygens (including phenoxy) is 1. The van der Waals surface area contributed by atoms with Gasteiger partial charge < -0.3 is 19.9 Å². The molecule has 1 aromatic rings. The van der Waals surface area contributed by atoms with Gasteiger partial charge in [-0.1, -0.05) is 12.1 Å². The Labute approximate surface area is 156 Å². The van der Waals surface area contributed by atoms with E-state index >= 15 is 0 Å². The van der Waals surface area contributed by atoms with E-state index in [2.05, 4.69) is 60.2 Å². The molecule has 25 heavy (non-hydrogen) atoms. The van der Waals surface area contributed by atoms with Crippen molar-refractivity contribution in [2.24, 2.45) is 4.99 Å². The van der Waals surface area contributed by atoms with Crippen molar-refractivity contribution in [1.82, 2.24) is 15.1 Å². The molecule has 0 bridgehead atoms. The van der Waals surface area contributed by atoms with E-state index in [-0.39, 0.29) is 10.8 Å². The van der Waals surface area contributed by atoms with Crippen molar-refractivity contribution < 1.29 is 4.74 Å². The summed E-state index contributed by atoms with van der Waals surface area (Å²) in [5, 5.41) is 3.58. The minimum atomic E-state index is 0.271. The standard InChI is InChI=1S/C19H32N4OS/c1-19(2)14-23(11-12-25-19)18(20-3)21-13-17(22(4)5)15-7-9-16(24-6)10-8-15/h7-10,17H,11-14H2,1-6H3,(H,20,21). The number of nitrogens with zero attached hydrogens (tertiary/aromatic N) is 3. The second-order valence-electron chi connectivity index (χ2n) is 7.21. The minimum Gasteiger partial charge on any atom is -0.497 e. The van der Waals surface area contributed by atoms with Crippen LogP contribution in [-0.4, -0.2) is 74.1 Å². The summed E-state index contributed by atoms with van der Waals surface area (Å²) >= 11 is 2.04. The van der Waals surface area contributed by atoms with Gasteiger partial charge in [0, 0.05) is 37.2 Å². The monoisotopic (exact) mass is 364 g/mol. The van der Waals surface area contributed by atoms with Crippen molar-refractivity contribution >= 4 is 17.7 Å². The van der Waals surface area contributed by atoms with Crippen molar-refractivity contribution in [2.75, 3.05) is 53.6 Å². The molecule has 1 unspecified atom stereocenters. The van der Waals surface area contributed by atoms with Crippen molar-refractivity contribution in [3.8, 4) is 5.75 Å². The molecule has 140 valence electrons. The lowest BCUT2D eigenvalue weighted by atomic mass is 10.1. The van der Waals surface area contributed by atoms with Gasteiger partial charge in [0.25, 0.3) is 0 Å². The quantitative estimate of drug-likeness (QED) is 0.643. The van der Waals surface area contributed by atoms with E-state index < -0.39 is 0 Å². The van der Waals surface area contributed by atoms with Crippen LogP contribution in [0.1, 0.15) is 25.5 Å². The molecule has 0 saturated carbocycles. The molecule has 0 aliphatic carbocycles. The van der Waals surface area contributed by atoms with Crippen LogP contribution in [0.25, 0.3) is 0 Å². The Hall–Kier alpha value is -1.40. The fourth-order valence-corrected chi connectivity index (χ4v) is 4.25. The zero-order valence-corrected chi connectivity index (χ0v) is 17.2. The summed E-state index contributed by atoms with van der Waals surface area (Å²) in [6, 6.07) is 8.58. The zero-order valence-electron chi connectivity index (χ0n) is 16.4. The predicted molar refractivity (Wildman–Crippen MR) is 109 cm³/mol. The summed E-state index contributed by atoms with van der Waals surface area (Å²) in [6.45, 7) is 7.49. The van der Waals surface area contributed by atoms with E-state index in [1.165, 1.54) is 5.56 Å². The van der Waals surface area contributed by atoms with Gasteiger partial charge in [0.15, 0.2) is 5.96 Å². The molecular weight excluding hydrogens is 332 g/mol. The molecule has 0 aromatic heterocycles. The van der Waals surface area contributed by atoms with Gasteiger partial charge in [0.2, 0.25) is 0 Å². The van der Waals surface area contributed by atoms with Crippen LogP contribution in [-0.2, 0) is 0 Å². The van der Waals surface area contributed by atoms with Gasteiger partial charge in [-0.15, -0.1) is 0 Å². The van der Waals surface area contributed by atoms with Crippen molar-refractivity contribution in [1.29, 1.82) is 0 Å². The van der Waals surface area contributed by atoms with Gasteiger partial charge in [0.1, 0.15) is 5.75 Å². The Kier molecular flexibility index (Phi) is 7.02. The molecule has 1 aliphatic rings. The van der Waals surface area contributed by atoms with E-state index in [1.54, 1.807) is 7.11 Å². The lowest BCUT2D eigenvalue weighted by Gasteiger charge is -2.39. The molecular formula is C19H32N4OS. The van der Waals surface area contributed by atoms with Gasteiger partial charge in [-0.2, -0.15) is 11.8 Å². The highest BCUT2D eigenvalue weighted by Gasteiger charge is 2.29. The van der Waals surface area contributed by atoms with Gasteiger partial charge >= 0.3 is 0 Å². The lowest BCUT2D eigenvalue weighted by molar-refractivity contribution is 0.292. The first kappa shape index (κ1) is 19.9. The van der Waals surface area contributed by atoms with Crippen LogP contribution < -0.4 is 10.1 Å². The number of thioether (sulfide) groups is 1. The average Bonchev–Trinajstić information content (AvgIpc) is 2.58. The molecule has 1 saturated heterocycles. The molecule has 6 heteroatoms. The van der Waals surface area contributed by atoms with Gasteiger partial charge in [-0.25, -0.2) is 0 Å². The number of aliphatic imine (C=N–C) groups is 1. The normalized spacial score (nSPS) is 19.0. The summed E-state index contributed by atoms with van der Waals surface area (Å²) < 4.78 is 5.54. The Morgan fingerprint density at radius 1 is 1.36 bits per heavy atom. The summed E-state index contributed by atoms with van der Waals surface area (Å²) in [4.78, 5) is 9.12. The molecule has 0 radical (unpaired) electrons. The van der Waals surface area contributed by atoms with Gasteiger partial charge in [-0.3, -0.25) is 4.99 Å². The first-order valence-corrected chi connectivity index (χ1v) is 9.75. The number of methoxy groups -OCH3 is 1. The maximum atomic E-state index is 5.27. The molecule has 1 aromatic carbocycles. The number of guanidine groups is 1. The Morgan fingerprint density at radius 2 is 2.04 bits per heavy atom. The smallest absolute Gasteiger partial charge is 0.193 e. The fourth-order valence-electron chi connectivity index (χ4n) is 3.14. The SMILES string of the molecule is CN=C(NCC(c1ccc(OC)cc1)N(C)C)N1CCSC(C)(C)C1. The summed E-state index contributed by atoms with van der Waals surface area (Å²) in [6.07, 6.45) is 0. The van der Waals surface area contributed by atoms with Crippen LogP contribution in [0, 0.1) is 0 Å². The first-order chi connectivity index (χ1) is 11.9. The third-order valence-electron chi connectivity index (χ3n) is 4.51. The number of benzene rings is 1. The third kappa shape index (κ3) is 5.54. The summed E-state index contributed by atoms with van der Waals surface area (Å²) in [5.74, 6) is 3.02. The molecule has 0 spiro atoms. The Bertz CT molecular complexity index is 571. The van der Waals surface area contributed by atoms with E-state index in [1.807, 2.05) is 30.9 Å². The second kappa shape index (κ2) is 8.81. The molecule has 1 atom stereocenters. The van der Waals surface area contributed by atoms with E-state index in [0.717, 1.165) is 37.1 Å². The van der Waals surface area contributed by atoms with E-state index in [4.69, 9.17) is 4.74 Å². The molecule has 1 aliphatic heterocycles. The average molecular weight is 365 g/mol. The van der Waals surface area contributed by atoms with Crippen molar-refractivity contribution in [3.63, 3.8) is 0 Å². The highest BCUT2D eigenvalue weighted by atomic mass is 32.2. The van der Waals surface area contributed by atoms with E-state index in [0.29, 0.717) is 0 Å². The maximum Gasteiger partial charge on any atom is 0.193 e. The van der Waals surface area contributed by atoms with Crippen LogP contribution in [0.3, 0.4) is 0 Å². The van der Waals surface area contributed by atoms with Crippen molar-refractivity contribution in [3.05, 3.63) is 29.8 Å². The first-order valence-electron chi connectivity index (χ1n) is 8.76. The van der Waals surface area contributed by atoms with Crippen LogP contribution in [0.2, 0.25) is 0 Å². The van der Waals surface area contributed by atoms with Gasteiger partial charge in [-0.05, 0) is 45.6 Å². The molecule has 2 rings (SSSR count). The summed E-state index contributed by atoms with van der Waals surface area (Å²) in [5.41, 5.74) is 1.27. The van der Waals surface area contributed by atoms with E-state index in [9.17, 15) is 0 Å². The predicted octanol–water partition coefficient (Wildman–Crippen LogP) is 2.70. The van der Waals surface area contributed by atoms with Crippen LogP contribution in [0.4, 0.5) is 0 Å². The number of rotatable bonds is 5. The molecule has 0 amide bonds. The number of nitrogens with one attached hydrogen (secondary N) is 1. The largest absolute Gasteiger partial charge is 0.497 e. The van der Waals surface area contributed by atoms with Crippen molar-refractivity contribution in [2.45, 2.75) is 24.6 Å². The molecule has 1 heterocycles. The van der Waals surface area contributed by atoms with Crippen LogP contribution in [0.15, 0.2) is 29.3 Å². The molecule has 1 fully saturated rings. The van der Waals surface area contributed by atoms with Gasteiger partial charge in [0.05, 0.1) is 13.2 Å². The molecule has 1 N–H and O–H groups in total. The van der Waals surface area contributed by atoms with Crippen LogP contribution >= 0.6 is 11.8 Å². The number of hydrogen-bond acceptors (Lipinski definition) is 4. The fraction of sp³-hybridized carbons (Fsp3) is 0.632. The zero-order chi connectivity index (χ0) is 18.4. The second-order valence-corrected chi connectivity index (χ2v) is 9.01. The highest BCUT2D eigenvalue weighted by molar-refractivity contribution is 8.00. The maximum absolute atomic E-state index is 5.27. The topological polar surface area (TPSA) is 40.1 Å². The Balaban J connectivity index is 2.03. The summed E-state index contributed by atoms with van der Waals surface area (Å²) in [7, 11) is 7.79. The third-order valence-corrected chi connectivity index (χ3v) is 5.81.